The van der Waals surface area contributed by atoms with Gasteiger partial charge in [-0.15, -0.1) is 0 Å². The van der Waals surface area contributed by atoms with Crippen molar-refractivity contribution in [1.82, 2.24) is 5.01 Å². The maximum absolute atomic E-state index is 12.5. The predicted molar refractivity (Wildman–Crippen MR) is 65.1 cm³/mol. The Morgan fingerprint density at radius 3 is 2.41 bits per heavy atom. The van der Waals surface area contributed by atoms with Crippen LogP contribution in [0.3, 0.4) is 0 Å². The predicted octanol–water partition coefficient (Wildman–Crippen LogP) is 1.86. The monoisotopic (exact) mass is 262 g/mol. The molecule has 7 heteroatoms. The van der Waals surface area contributed by atoms with Gasteiger partial charge >= 0.3 is 7.60 Å². The Morgan fingerprint density at radius 1 is 1.41 bits per heavy atom. The van der Waals surface area contributed by atoms with Crippen LogP contribution < -0.4 is 0 Å². The molecule has 6 nitrogen and oxygen atoms in total. The minimum absolute atomic E-state index is 0.251. The van der Waals surface area contributed by atoms with Gasteiger partial charge in [-0.05, 0) is 20.8 Å². The fourth-order valence-corrected chi connectivity index (χ4v) is 3.83. The minimum Gasteiger partial charge on any atom is -0.308 e. The Hall–Kier alpha value is -0.710. The van der Waals surface area contributed by atoms with Crippen molar-refractivity contribution in [3.8, 4) is 0 Å². The van der Waals surface area contributed by atoms with Crippen molar-refractivity contribution < 1.29 is 18.4 Å². The summed E-state index contributed by atoms with van der Waals surface area (Å²) in [6, 6.07) is 0. The van der Waals surface area contributed by atoms with Crippen LogP contribution in [-0.4, -0.2) is 42.5 Å². The first-order valence-corrected chi connectivity index (χ1v) is 7.26. The molecule has 0 radical (unpaired) electrons. The van der Waals surface area contributed by atoms with Crippen molar-refractivity contribution >= 4 is 19.2 Å². The lowest BCUT2D eigenvalue weighted by Crippen LogP contribution is -2.39. The van der Waals surface area contributed by atoms with Crippen LogP contribution in [0.5, 0.6) is 0 Å². The van der Waals surface area contributed by atoms with Gasteiger partial charge in [0, 0.05) is 19.2 Å². The van der Waals surface area contributed by atoms with E-state index in [1.54, 1.807) is 27.8 Å². The first-order chi connectivity index (χ1) is 7.94. The Kier molecular flexibility index (Phi) is 4.86. The zero-order valence-corrected chi connectivity index (χ0v) is 11.6. The highest BCUT2D eigenvalue weighted by Crippen LogP contribution is 2.55. The van der Waals surface area contributed by atoms with Crippen molar-refractivity contribution in [2.45, 2.75) is 32.9 Å². The van der Waals surface area contributed by atoms with Gasteiger partial charge in [-0.1, -0.05) is 0 Å². The molecular formula is C10H19N2O4P. The fraction of sp³-hybridized carbons (Fsp3) is 0.800. The van der Waals surface area contributed by atoms with Crippen molar-refractivity contribution in [3.63, 3.8) is 0 Å². The third-order valence-corrected chi connectivity index (χ3v) is 4.82. The van der Waals surface area contributed by atoms with E-state index in [-0.39, 0.29) is 19.1 Å². The number of amides is 1. The number of hydrogen-bond acceptors (Lipinski definition) is 5. The molecule has 0 aromatic carbocycles. The maximum Gasteiger partial charge on any atom is 0.343 e. The van der Waals surface area contributed by atoms with Crippen molar-refractivity contribution in [2.75, 3.05) is 20.3 Å². The highest BCUT2D eigenvalue weighted by Gasteiger charge is 2.44. The topological polar surface area (TPSA) is 68.2 Å². The highest BCUT2D eigenvalue weighted by atomic mass is 31.2. The molecule has 0 aromatic rings. The largest absolute Gasteiger partial charge is 0.343 e. The molecule has 1 aliphatic rings. The molecule has 1 aliphatic heterocycles. The van der Waals surface area contributed by atoms with E-state index in [4.69, 9.17) is 9.05 Å². The molecule has 98 valence electrons. The molecule has 0 spiro atoms. The normalized spacial score (nSPS) is 21.6. The summed E-state index contributed by atoms with van der Waals surface area (Å²) < 4.78 is 22.9. The molecule has 1 amide bonds. The SMILES string of the molecule is CCOP(=O)(OCC)C1CC(C)=NN(C)C1=O. The van der Waals surface area contributed by atoms with Gasteiger partial charge < -0.3 is 9.05 Å². The maximum atomic E-state index is 12.5. The van der Waals surface area contributed by atoms with Gasteiger partial charge in [0.05, 0.1) is 13.2 Å². The molecule has 17 heavy (non-hydrogen) atoms. The molecule has 0 saturated heterocycles. The summed E-state index contributed by atoms with van der Waals surface area (Å²) in [5.74, 6) is -0.319. The second-order valence-electron chi connectivity index (χ2n) is 3.79. The van der Waals surface area contributed by atoms with E-state index in [0.717, 1.165) is 5.71 Å². The Bertz CT molecular complexity index is 359. The lowest BCUT2D eigenvalue weighted by atomic mass is 10.2. The van der Waals surface area contributed by atoms with Gasteiger partial charge in [0.25, 0.3) is 5.91 Å². The molecule has 1 unspecified atom stereocenters. The molecule has 0 aliphatic carbocycles. The lowest BCUT2D eigenvalue weighted by molar-refractivity contribution is -0.130. The van der Waals surface area contributed by atoms with E-state index >= 15 is 0 Å². The molecular weight excluding hydrogens is 243 g/mol. The average molecular weight is 262 g/mol. The molecule has 1 heterocycles. The van der Waals surface area contributed by atoms with E-state index < -0.39 is 13.3 Å². The van der Waals surface area contributed by atoms with Crippen LogP contribution in [0.15, 0.2) is 5.10 Å². The van der Waals surface area contributed by atoms with Crippen LogP contribution in [0.4, 0.5) is 0 Å². The smallest absolute Gasteiger partial charge is 0.308 e. The van der Waals surface area contributed by atoms with Gasteiger partial charge in [0.15, 0.2) is 0 Å². The first-order valence-electron chi connectivity index (χ1n) is 5.65. The van der Waals surface area contributed by atoms with Crippen molar-refractivity contribution in [3.05, 3.63) is 0 Å². The van der Waals surface area contributed by atoms with E-state index in [1.807, 2.05) is 0 Å². The van der Waals surface area contributed by atoms with Gasteiger partial charge in [0.1, 0.15) is 5.66 Å². The zero-order valence-electron chi connectivity index (χ0n) is 10.7. The fourth-order valence-electron chi connectivity index (χ4n) is 1.75. The van der Waals surface area contributed by atoms with Gasteiger partial charge in [0.2, 0.25) is 0 Å². The third-order valence-electron chi connectivity index (χ3n) is 2.41. The van der Waals surface area contributed by atoms with Crippen molar-refractivity contribution in [2.24, 2.45) is 5.10 Å². The van der Waals surface area contributed by atoms with E-state index in [2.05, 4.69) is 5.10 Å². The minimum atomic E-state index is -3.40. The van der Waals surface area contributed by atoms with Gasteiger partial charge in [-0.3, -0.25) is 9.36 Å². The van der Waals surface area contributed by atoms with Crippen LogP contribution >= 0.6 is 7.60 Å². The summed E-state index contributed by atoms with van der Waals surface area (Å²) in [4.78, 5) is 12.0. The second-order valence-corrected chi connectivity index (χ2v) is 6.01. The van der Waals surface area contributed by atoms with E-state index in [9.17, 15) is 9.36 Å². The quantitative estimate of drug-likeness (QED) is 0.709. The second kappa shape index (κ2) is 5.76. The van der Waals surface area contributed by atoms with E-state index in [0.29, 0.717) is 6.42 Å². The Labute approximate surface area is 101 Å². The van der Waals surface area contributed by atoms with Crippen LogP contribution in [0.2, 0.25) is 0 Å². The molecule has 0 bridgehead atoms. The molecule has 0 aromatic heterocycles. The zero-order chi connectivity index (χ0) is 13.1. The van der Waals surface area contributed by atoms with Crippen LogP contribution in [-0.2, 0) is 18.4 Å². The first kappa shape index (κ1) is 14.4. The molecule has 1 atom stereocenters. The number of hydrogen-bond donors (Lipinski definition) is 0. The summed E-state index contributed by atoms with van der Waals surface area (Å²) >= 11 is 0. The molecule has 1 rings (SSSR count). The number of hydrazone groups is 1. The standard InChI is InChI=1S/C10H19N2O4P/c1-5-15-17(14,16-6-2)9-7-8(3)11-12(4)10(9)13/h9H,5-7H2,1-4H3. The van der Waals surface area contributed by atoms with Gasteiger partial charge in [-0.2, -0.15) is 5.10 Å². The average Bonchev–Trinajstić information content (AvgIpc) is 2.24. The summed E-state index contributed by atoms with van der Waals surface area (Å²) in [5, 5.41) is 5.22. The summed E-state index contributed by atoms with van der Waals surface area (Å²) in [5.41, 5.74) is -0.0263. The Balaban J connectivity index is 2.99. The third kappa shape index (κ3) is 3.15. The summed E-state index contributed by atoms with van der Waals surface area (Å²) in [6.07, 6.45) is 0.320. The summed E-state index contributed by atoms with van der Waals surface area (Å²) in [6.45, 7) is 5.74. The number of nitrogens with zero attached hydrogens (tertiary/aromatic N) is 2. The van der Waals surface area contributed by atoms with Gasteiger partial charge in [-0.25, -0.2) is 5.01 Å². The van der Waals surface area contributed by atoms with Crippen LogP contribution in [0.25, 0.3) is 0 Å². The van der Waals surface area contributed by atoms with Crippen LogP contribution in [0.1, 0.15) is 27.2 Å². The van der Waals surface area contributed by atoms with Crippen molar-refractivity contribution in [1.29, 1.82) is 0 Å². The number of rotatable bonds is 5. The number of carbonyl (C=O) groups excluding carboxylic acids is 1. The number of carbonyl (C=O) groups is 1. The lowest BCUT2D eigenvalue weighted by Gasteiger charge is -2.30. The molecule has 0 fully saturated rings. The Morgan fingerprint density at radius 2 is 1.94 bits per heavy atom. The van der Waals surface area contributed by atoms with Crippen LogP contribution in [0, 0.1) is 0 Å². The van der Waals surface area contributed by atoms with E-state index in [1.165, 1.54) is 5.01 Å². The summed E-state index contributed by atoms with van der Waals surface area (Å²) in [7, 11) is -1.86. The highest BCUT2D eigenvalue weighted by molar-refractivity contribution is 7.55. The molecule has 0 saturated carbocycles. The molecule has 0 N–H and O–H groups in total.